The third-order valence-corrected chi connectivity index (χ3v) is 3.35. The number of alkyl halides is 1. The second-order valence-corrected chi connectivity index (χ2v) is 4.71. The lowest BCUT2D eigenvalue weighted by molar-refractivity contribution is 0.0951. The largest absolute Gasteiger partial charge is 0.348 e. The van der Waals surface area contributed by atoms with Crippen LogP contribution in [0.4, 0.5) is 0 Å². The number of halogens is 1. The molecule has 0 aliphatic carbocycles. The van der Waals surface area contributed by atoms with Gasteiger partial charge in [0.1, 0.15) is 0 Å². The van der Waals surface area contributed by atoms with E-state index in [9.17, 15) is 4.79 Å². The first-order valence-electron chi connectivity index (χ1n) is 6.18. The minimum atomic E-state index is -0.0739. The number of amides is 1. The molecule has 1 amide bonds. The highest BCUT2D eigenvalue weighted by atomic mass is 35.5. The lowest BCUT2D eigenvalue weighted by atomic mass is 10.1. The monoisotopic (exact) mass is 273 g/mol. The van der Waals surface area contributed by atoms with Gasteiger partial charge < -0.3 is 5.32 Å². The second-order valence-electron chi connectivity index (χ2n) is 4.44. The molecule has 0 heterocycles. The molecular weight excluding hydrogens is 258 g/mol. The van der Waals surface area contributed by atoms with Gasteiger partial charge in [-0.15, -0.1) is 11.6 Å². The van der Waals surface area contributed by atoms with Gasteiger partial charge in [0.25, 0.3) is 5.91 Å². The van der Waals surface area contributed by atoms with Crippen molar-refractivity contribution >= 4 is 17.5 Å². The van der Waals surface area contributed by atoms with Gasteiger partial charge in [-0.1, -0.05) is 36.4 Å². The number of nitrogens with one attached hydrogen (secondary N) is 1. The molecule has 0 bridgehead atoms. The zero-order valence-electron chi connectivity index (χ0n) is 10.8. The van der Waals surface area contributed by atoms with Crippen LogP contribution in [0.25, 0.3) is 0 Å². The number of hydrogen-bond acceptors (Lipinski definition) is 1. The average molecular weight is 274 g/mol. The highest BCUT2D eigenvalue weighted by Gasteiger charge is 2.06. The fourth-order valence-corrected chi connectivity index (χ4v) is 2.05. The van der Waals surface area contributed by atoms with Gasteiger partial charge >= 0.3 is 0 Å². The van der Waals surface area contributed by atoms with Crippen LogP contribution >= 0.6 is 11.6 Å². The Morgan fingerprint density at radius 3 is 2.68 bits per heavy atom. The molecular formula is C16H16ClNO. The smallest absolute Gasteiger partial charge is 0.251 e. The first kappa shape index (κ1) is 13.6. The van der Waals surface area contributed by atoms with Crippen LogP contribution in [-0.4, -0.2) is 5.91 Å². The van der Waals surface area contributed by atoms with Gasteiger partial charge in [-0.05, 0) is 35.7 Å². The Kier molecular flexibility index (Phi) is 4.58. The average Bonchev–Trinajstić information content (AvgIpc) is 2.46. The van der Waals surface area contributed by atoms with E-state index in [-0.39, 0.29) is 5.91 Å². The van der Waals surface area contributed by atoms with Crippen molar-refractivity contribution in [3.05, 3.63) is 70.8 Å². The van der Waals surface area contributed by atoms with Crippen molar-refractivity contribution in [2.75, 3.05) is 0 Å². The number of carbonyl (C=O) groups excluding carboxylic acids is 1. The first-order valence-corrected chi connectivity index (χ1v) is 6.72. The number of aryl methyl sites for hydroxylation is 1. The molecule has 2 aromatic carbocycles. The Balaban J connectivity index is 2.03. The third kappa shape index (κ3) is 3.58. The lowest BCUT2D eigenvalue weighted by Crippen LogP contribution is -2.23. The van der Waals surface area contributed by atoms with Gasteiger partial charge in [-0.3, -0.25) is 4.79 Å². The summed E-state index contributed by atoms with van der Waals surface area (Å²) in [5.74, 6) is 0.342. The van der Waals surface area contributed by atoms with Gasteiger partial charge in [-0.2, -0.15) is 0 Å². The topological polar surface area (TPSA) is 29.1 Å². The van der Waals surface area contributed by atoms with Crippen LogP contribution in [0, 0.1) is 6.92 Å². The number of carbonyl (C=O) groups is 1. The van der Waals surface area contributed by atoms with Crippen LogP contribution in [0.2, 0.25) is 0 Å². The van der Waals surface area contributed by atoms with E-state index in [2.05, 4.69) is 5.32 Å². The van der Waals surface area contributed by atoms with E-state index in [1.807, 2.05) is 49.4 Å². The van der Waals surface area contributed by atoms with Crippen LogP contribution in [-0.2, 0) is 12.4 Å². The quantitative estimate of drug-likeness (QED) is 0.846. The molecule has 19 heavy (non-hydrogen) atoms. The highest BCUT2D eigenvalue weighted by Crippen LogP contribution is 2.09. The minimum absolute atomic E-state index is 0.0739. The van der Waals surface area contributed by atoms with Crippen LogP contribution < -0.4 is 5.32 Å². The maximum absolute atomic E-state index is 12.0. The third-order valence-electron chi connectivity index (χ3n) is 3.04. The fraction of sp³-hybridized carbons (Fsp3) is 0.188. The van der Waals surface area contributed by atoms with Crippen LogP contribution in [0.5, 0.6) is 0 Å². The van der Waals surface area contributed by atoms with E-state index in [4.69, 9.17) is 11.6 Å². The summed E-state index contributed by atoms with van der Waals surface area (Å²) in [6.07, 6.45) is 0. The predicted molar refractivity (Wildman–Crippen MR) is 78.3 cm³/mol. The summed E-state index contributed by atoms with van der Waals surface area (Å²) in [6, 6.07) is 15.4. The maximum Gasteiger partial charge on any atom is 0.251 e. The van der Waals surface area contributed by atoms with Crippen LogP contribution in [0.3, 0.4) is 0 Å². The van der Waals surface area contributed by atoms with E-state index in [1.165, 1.54) is 5.56 Å². The zero-order chi connectivity index (χ0) is 13.7. The molecule has 0 saturated carbocycles. The Morgan fingerprint density at radius 2 is 1.95 bits per heavy atom. The van der Waals surface area contributed by atoms with Crippen molar-refractivity contribution in [1.29, 1.82) is 0 Å². The van der Waals surface area contributed by atoms with Gasteiger partial charge in [-0.25, -0.2) is 0 Å². The summed E-state index contributed by atoms with van der Waals surface area (Å²) < 4.78 is 0. The molecule has 2 rings (SSSR count). The number of benzene rings is 2. The summed E-state index contributed by atoms with van der Waals surface area (Å²) in [4.78, 5) is 12.0. The van der Waals surface area contributed by atoms with Crippen molar-refractivity contribution in [3.63, 3.8) is 0 Å². The Labute approximate surface area is 118 Å². The van der Waals surface area contributed by atoms with Gasteiger partial charge in [0.2, 0.25) is 0 Å². The summed E-state index contributed by atoms with van der Waals surface area (Å²) in [5, 5.41) is 2.93. The molecule has 2 nitrogen and oxygen atoms in total. The van der Waals surface area contributed by atoms with E-state index >= 15 is 0 Å². The zero-order valence-corrected chi connectivity index (χ0v) is 11.6. The van der Waals surface area contributed by atoms with E-state index in [1.54, 1.807) is 6.07 Å². The van der Waals surface area contributed by atoms with E-state index < -0.39 is 0 Å². The molecule has 98 valence electrons. The van der Waals surface area contributed by atoms with Gasteiger partial charge in [0.15, 0.2) is 0 Å². The van der Waals surface area contributed by atoms with E-state index in [0.717, 1.165) is 11.1 Å². The normalized spacial score (nSPS) is 10.2. The lowest BCUT2D eigenvalue weighted by Gasteiger charge is -2.08. The Hall–Kier alpha value is -1.80. The summed E-state index contributed by atoms with van der Waals surface area (Å²) >= 11 is 5.77. The maximum atomic E-state index is 12.0. The summed E-state index contributed by atoms with van der Waals surface area (Å²) in [5.41, 5.74) is 3.90. The molecule has 0 unspecified atom stereocenters. The van der Waals surface area contributed by atoms with Crippen molar-refractivity contribution in [2.45, 2.75) is 19.3 Å². The van der Waals surface area contributed by atoms with E-state index in [0.29, 0.717) is 18.0 Å². The summed E-state index contributed by atoms with van der Waals surface area (Å²) in [7, 11) is 0. The van der Waals surface area contributed by atoms with Crippen LogP contribution in [0.15, 0.2) is 48.5 Å². The molecule has 0 aliphatic heterocycles. The molecule has 0 aliphatic rings. The molecule has 0 fully saturated rings. The molecule has 0 spiro atoms. The number of hydrogen-bond donors (Lipinski definition) is 1. The predicted octanol–water partition coefficient (Wildman–Crippen LogP) is 3.66. The molecule has 0 radical (unpaired) electrons. The molecule has 2 aromatic rings. The van der Waals surface area contributed by atoms with Crippen molar-refractivity contribution < 1.29 is 4.79 Å². The van der Waals surface area contributed by atoms with Crippen molar-refractivity contribution in [2.24, 2.45) is 0 Å². The highest BCUT2D eigenvalue weighted by molar-refractivity contribution is 6.17. The van der Waals surface area contributed by atoms with Crippen molar-refractivity contribution in [3.8, 4) is 0 Å². The standard InChI is InChI=1S/C16H16ClNO/c1-12-5-2-3-7-15(12)11-18-16(19)14-8-4-6-13(9-14)10-17/h2-9H,10-11H2,1H3,(H,18,19). The summed E-state index contributed by atoms with van der Waals surface area (Å²) in [6.45, 7) is 2.58. The second kappa shape index (κ2) is 6.39. The fourth-order valence-electron chi connectivity index (χ4n) is 1.88. The Morgan fingerprint density at radius 1 is 1.16 bits per heavy atom. The Bertz CT molecular complexity index is 580. The molecule has 0 aromatic heterocycles. The molecule has 1 N–H and O–H groups in total. The SMILES string of the molecule is Cc1ccccc1CNC(=O)c1cccc(CCl)c1. The first-order chi connectivity index (χ1) is 9.20. The van der Waals surface area contributed by atoms with Gasteiger partial charge in [0, 0.05) is 18.0 Å². The number of rotatable bonds is 4. The van der Waals surface area contributed by atoms with Gasteiger partial charge in [0.05, 0.1) is 0 Å². The molecule has 0 atom stereocenters. The van der Waals surface area contributed by atoms with Crippen LogP contribution in [0.1, 0.15) is 27.0 Å². The molecule has 3 heteroatoms. The van der Waals surface area contributed by atoms with Crippen molar-refractivity contribution in [1.82, 2.24) is 5.32 Å². The minimum Gasteiger partial charge on any atom is -0.348 e. The molecule has 0 saturated heterocycles.